The van der Waals surface area contributed by atoms with Gasteiger partial charge in [-0.05, 0) is 6.07 Å². The van der Waals surface area contributed by atoms with Crippen molar-refractivity contribution < 1.29 is 9.31 Å². The SMILES string of the molecule is [C-]#[N+]C1CCN(c2ccc([N+](=O)[O-])cc2F)C1. The standard InChI is InChI=1S/C11H10FN3O2/c1-13-8-4-5-14(7-8)11-3-2-9(15(16)17)6-10(11)12/h2-3,6,8H,4-5,7H2. The maximum absolute atomic E-state index is 13.7. The predicted molar refractivity (Wildman–Crippen MR) is 60.3 cm³/mol. The minimum absolute atomic E-state index is 0.107. The first-order chi connectivity index (χ1) is 8.11. The van der Waals surface area contributed by atoms with Gasteiger partial charge in [0.25, 0.3) is 5.69 Å². The van der Waals surface area contributed by atoms with Gasteiger partial charge in [0.2, 0.25) is 6.04 Å². The molecule has 1 fully saturated rings. The summed E-state index contributed by atoms with van der Waals surface area (Å²) in [5, 5.41) is 10.5. The van der Waals surface area contributed by atoms with Crippen molar-refractivity contribution >= 4 is 11.4 Å². The van der Waals surface area contributed by atoms with Crippen molar-refractivity contribution in [3.8, 4) is 0 Å². The number of hydrogen-bond acceptors (Lipinski definition) is 3. The Kier molecular flexibility index (Phi) is 2.91. The van der Waals surface area contributed by atoms with Crippen molar-refractivity contribution in [1.82, 2.24) is 0 Å². The molecule has 5 nitrogen and oxygen atoms in total. The molecule has 1 atom stereocenters. The molecule has 0 radical (unpaired) electrons. The Hall–Kier alpha value is -2.16. The molecule has 1 saturated heterocycles. The highest BCUT2D eigenvalue weighted by atomic mass is 19.1. The molecular formula is C11H10FN3O2. The van der Waals surface area contributed by atoms with E-state index in [9.17, 15) is 14.5 Å². The van der Waals surface area contributed by atoms with Gasteiger partial charge in [-0.2, -0.15) is 0 Å². The monoisotopic (exact) mass is 235 g/mol. The average molecular weight is 235 g/mol. The Morgan fingerprint density at radius 3 is 2.88 bits per heavy atom. The smallest absolute Gasteiger partial charge is 0.272 e. The Morgan fingerprint density at radius 1 is 1.59 bits per heavy atom. The van der Waals surface area contributed by atoms with E-state index in [0.29, 0.717) is 25.2 Å². The Labute approximate surface area is 97.4 Å². The number of nitro groups is 1. The number of nitrogens with zero attached hydrogens (tertiary/aromatic N) is 3. The second-order valence-electron chi connectivity index (χ2n) is 3.91. The summed E-state index contributed by atoms with van der Waals surface area (Å²) in [4.78, 5) is 15.0. The minimum Gasteiger partial charge on any atom is -0.361 e. The summed E-state index contributed by atoms with van der Waals surface area (Å²) < 4.78 is 13.7. The van der Waals surface area contributed by atoms with Gasteiger partial charge in [0.1, 0.15) is 0 Å². The molecule has 88 valence electrons. The molecule has 0 bridgehead atoms. The molecule has 0 N–H and O–H groups in total. The van der Waals surface area contributed by atoms with E-state index >= 15 is 0 Å². The van der Waals surface area contributed by atoms with Gasteiger partial charge in [0, 0.05) is 19.0 Å². The fourth-order valence-electron chi connectivity index (χ4n) is 1.93. The van der Waals surface area contributed by atoms with Crippen LogP contribution in [0.1, 0.15) is 6.42 Å². The van der Waals surface area contributed by atoms with Crippen molar-refractivity contribution in [2.24, 2.45) is 0 Å². The lowest BCUT2D eigenvalue weighted by Crippen LogP contribution is -2.21. The van der Waals surface area contributed by atoms with Crippen molar-refractivity contribution in [2.75, 3.05) is 18.0 Å². The van der Waals surface area contributed by atoms with E-state index in [1.54, 1.807) is 4.90 Å². The second kappa shape index (κ2) is 4.37. The molecule has 1 aliphatic rings. The Bertz CT molecular complexity index is 498. The predicted octanol–water partition coefficient (Wildman–Crippen LogP) is 2.23. The van der Waals surface area contributed by atoms with Gasteiger partial charge in [-0.25, -0.2) is 11.0 Å². The first kappa shape index (κ1) is 11.3. The lowest BCUT2D eigenvalue weighted by molar-refractivity contribution is -0.385. The zero-order valence-corrected chi connectivity index (χ0v) is 8.97. The van der Waals surface area contributed by atoms with Gasteiger partial charge in [-0.15, -0.1) is 0 Å². The molecular weight excluding hydrogens is 225 g/mol. The summed E-state index contributed by atoms with van der Waals surface area (Å²) in [6.45, 7) is 8.01. The van der Waals surface area contributed by atoms with Crippen LogP contribution in [0.4, 0.5) is 15.8 Å². The molecule has 0 aliphatic carbocycles. The van der Waals surface area contributed by atoms with Crippen molar-refractivity contribution in [3.05, 3.63) is 45.5 Å². The van der Waals surface area contributed by atoms with Gasteiger partial charge in [-0.3, -0.25) is 10.1 Å². The first-order valence-corrected chi connectivity index (χ1v) is 5.17. The molecule has 1 aromatic rings. The van der Waals surface area contributed by atoms with Gasteiger partial charge in [0.05, 0.1) is 23.2 Å². The fraction of sp³-hybridized carbons (Fsp3) is 0.364. The summed E-state index contributed by atoms with van der Waals surface area (Å²) in [5.74, 6) is -0.607. The highest BCUT2D eigenvalue weighted by molar-refractivity contribution is 5.53. The van der Waals surface area contributed by atoms with Gasteiger partial charge < -0.3 is 9.74 Å². The van der Waals surface area contributed by atoms with E-state index in [4.69, 9.17) is 6.57 Å². The van der Waals surface area contributed by atoms with Crippen molar-refractivity contribution in [3.63, 3.8) is 0 Å². The highest BCUT2D eigenvalue weighted by Crippen LogP contribution is 2.27. The highest BCUT2D eigenvalue weighted by Gasteiger charge is 2.28. The molecule has 1 heterocycles. The number of anilines is 1. The Balaban J connectivity index is 2.23. The molecule has 1 unspecified atom stereocenters. The van der Waals surface area contributed by atoms with Crippen LogP contribution in [0.3, 0.4) is 0 Å². The number of benzene rings is 1. The molecule has 0 spiro atoms. The van der Waals surface area contributed by atoms with E-state index in [1.165, 1.54) is 12.1 Å². The third kappa shape index (κ3) is 2.18. The molecule has 1 aliphatic heterocycles. The largest absolute Gasteiger partial charge is 0.361 e. The van der Waals surface area contributed by atoms with Crippen LogP contribution in [0.2, 0.25) is 0 Å². The van der Waals surface area contributed by atoms with E-state index < -0.39 is 10.7 Å². The maximum atomic E-state index is 13.7. The molecule has 0 saturated carbocycles. The van der Waals surface area contributed by atoms with Crippen LogP contribution >= 0.6 is 0 Å². The number of halogens is 1. The van der Waals surface area contributed by atoms with Crippen LogP contribution < -0.4 is 4.90 Å². The summed E-state index contributed by atoms with van der Waals surface area (Å²) >= 11 is 0. The summed E-state index contributed by atoms with van der Waals surface area (Å²) in [6.07, 6.45) is 0.708. The number of hydrogen-bond donors (Lipinski definition) is 0. The van der Waals surface area contributed by atoms with Crippen molar-refractivity contribution in [1.29, 1.82) is 0 Å². The van der Waals surface area contributed by atoms with Gasteiger partial charge in [-0.1, -0.05) is 0 Å². The zero-order chi connectivity index (χ0) is 12.4. The van der Waals surface area contributed by atoms with Crippen LogP contribution in [0.5, 0.6) is 0 Å². The van der Waals surface area contributed by atoms with Crippen LogP contribution in [0, 0.1) is 22.5 Å². The van der Waals surface area contributed by atoms with Crippen molar-refractivity contribution in [2.45, 2.75) is 12.5 Å². The summed E-state index contributed by atoms with van der Waals surface area (Å²) in [7, 11) is 0. The van der Waals surface area contributed by atoms with Crippen LogP contribution in [0.15, 0.2) is 18.2 Å². The zero-order valence-electron chi connectivity index (χ0n) is 8.97. The van der Waals surface area contributed by atoms with E-state index in [1.807, 2.05) is 0 Å². The molecule has 0 amide bonds. The normalized spacial score (nSPS) is 19.1. The molecule has 2 rings (SSSR count). The molecule has 1 aromatic carbocycles. The first-order valence-electron chi connectivity index (χ1n) is 5.17. The maximum Gasteiger partial charge on any atom is 0.272 e. The van der Waals surface area contributed by atoms with Gasteiger partial charge >= 0.3 is 0 Å². The molecule has 0 aromatic heterocycles. The second-order valence-corrected chi connectivity index (χ2v) is 3.91. The molecule has 6 heteroatoms. The van der Waals surface area contributed by atoms with Crippen LogP contribution in [-0.2, 0) is 0 Å². The van der Waals surface area contributed by atoms with Gasteiger partial charge in [0.15, 0.2) is 5.82 Å². The van der Waals surface area contributed by atoms with Crippen LogP contribution in [-0.4, -0.2) is 24.1 Å². The quantitative estimate of drug-likeness (QED) is 0.448. The topological polar surface area (TPSA) is 50.7 Å². The summed E-state index contributed by atoms with van der Waals surface area (Å²) in [5.41, 5.74) is 0.0777. The van der Waals surface area contributed by atoms with Crippen LogP contribution in [0.25, 0.3) is 4.85 Å². The third-order valence-corrected chi connectivity index (χ3v) is 2.83. The van der Waals surface area contributed by atoms with E-state index in [-0.39, 0.29) is 11.7 Å². The molecule has 17 heavy (non-hydrogen) atoms. The lowest BCUT2D eigenvalue weighted by Gasteiger charge is -2.16. The van der Waals surface area contributed by atoms with E-state index in [0.717, 1.165) is 6.07 Å². The number of non-ortho nitro benzene ring substituents is 1. The Morgan fingerprint density at radius 2 is 2.35 bits per heavy atom. The van der Waals surface area contributed by atoms with E-state index in [2.05, 4.69) is 4.85 Å². The number of nitro benzene ring substituents is 1. The fourth-order valence-corrected chi connectivity index (χ4v) is 1.93. The number of rotatable bonds is 2. The minimum atomic E-state index is -0.626. The summed E-state index contributed by atoms with van der Waals surface area (Å²) in [6, 6.07) is 3.49. The lowest BCUT2D eigenvalue weighted by atomic mass is 10.2. The average Bonchev–Trinajstić information content (AvgIpc) is 2.77. The third-order valence-electron chi connectivity index (χ3n) is 2.83.